The van der Waals surface area contributed by atoms with Gasteiger partial charge >= 0.3 is 17.9 Å². The number of hydrogen-bond acceptors (Lipinski definition) is 5. The fraction of sp³-hybridized carbons (Fsp3) is 0.733. The Kier molecular flexibility index (Phi) is 8.45. The third kappa shape index (κ3) is 10.4. The summed E-state index contributed by atoms with van der Waals surface area (Å²) in [6.07, 6.45) is -0.759. The van der Waals surface area contributed by atoms with Crippen LogP contribution in [0.25, 0.3) is 0 Å². The average molecular weight is 331 g/mol. The number of ketones is 1. The number of hydrogen-bond donors (Lipinski definition) is 4. The average Bonchev–Trinajstić information content (AvgIpc) is 2.37. The Morgan fingerprint density at radius 2 is 1.48 bits per heavy atom. The number of carboxylic acids is 3. The molecule has 0 aliphatic rings. The van der Waals surface area contributed by atoms with Crippen LogP contribution in [-0.4, -0.2) is 50.6 Å². The fourth-order valence-corrected chi connectivity index (χ4v) is 2.07. The Morgan fingerprint density at radius 1 is 0.913 bits per heavy atom. The van der Waals surface area contributed by atoms with Crippen molar-refractivity contribution in [3.05, 3.63) is 0 Å². The summed E-state index contributed by atoms with van der Waals surface area (Å²) in [6, 6.07) is -0.902. The molecule has 2 atom stereocenters. The van der Waals surface area contributed by atoms with Crippen LogP contribution in [0.15, 0.2) is 0 Å². The van der Waals surface area contributed by atoms with Gasteiger partial charge in [-0.1, -0.05) is 0 Å². The Balaban J connectivity index is 4.51. The number of carbonyl (C=O) groups is 4. The highest BCUT2D eigenvalue weighted by atomic mass is 16.4. The second-order valence-electron chi connectivity index (χ2n) is 6.53. The first-order chi connectivity index (χ1) is 10.4. The molecule has 0 spiro atoms. The van der Waals surface area contributed by atoms with Crippen molar-refractivity contribution in [2.24, 2.45) is 5.92 Å². The van der Waals surface area contributed by atoms with E-state index in [1.165, 1.54) is 0 Å². The molecule has 0 unspecified atom stereocenters. The van der Waals surface area contributed by atoms with Crippen molar-refractivity contribution >= 4 is 23.7 Å². The smallest absolute Gasteiger partial charge is 0.320 e. The maximum Gasteiger partial charge on any atom is 0.320 e. The number of rotatable bonds is 11. The van der Waals surface area contributed by atoms with Crippen molar-refractivity contribution in [2.45, 2.75) is 64.5 Å². The number of nitrogens with one attached hydrogen (secondary N) is 1. The van der Waals surface area contributed by atoms with Crippen LogP contribution in [0.4, 0.5) is 0 Å². The van der Waals surface area contributed by atoms with Gasteiger partial charge in [-0.05, 0) is 33.6 Å². The van der Waals surface area contributed by atoms with E-state index in [0.29, 0.717) is 0 Å². The molecule has 0 aliphatic heterocycles. The lowest BCUT2D eigenvalue weighted by atomic mass is 9.94. The third-order valence-corrected chi connectivity index (χ3v) is 3.15. The van der Waals surface area contributed by atoms with E-state index in [2.05, 4.69) is 5.32 Å². The van der Waals surface area contributed by atoms with Crippen molar-refractivity contribution in [1.82, 2.24) is 5.32 Å². The van der Waals surface area contributed by atoms with E-state index in [1.807, 2.05) is 0 Å². The fourth-order valence-electron chi connectivity index (χ4n) is 2.07. The predicted molar refractivity (Wildman–Crippen MR) is 81.2 cm³/mol. The first-order valence-electron chi connectivity index (χ1n) is 7.39. The lowest BCUT2D eigenvalue weighted by molar-refractivity contribution is -0.145. The van der Waals surface area contributed by atoms with Crippen molar-refractivity contribution in [3.8, 4) is 0 Å². The van der Waals surface area contributed by atoms with Crippen LogP contribution in [0, 0.1) is 5.92 Å². The normalized spacial score (nSPS) is 14.0. The second kappa shape index (κ2) is 9.24. The van der Waals surface area contributed by atoms with Crippen LogP contribution in [0.1, 0.15) is 52.9 Å². The van der Waals surface area contributed by atoms with Gasteiger partial charge in [0.25, 0.3) is 0 Å². The summed E-state index contributed by atoms with van der Waals surface area (Å²) in [5.41, 5.74) is -0.433. The Labute approximate surface area is 134 Å². The lowest BCUT2D eigenvalue weighted by Gasteiger charge is -2.25. The van der Waals surface area contributed by atoms with Crippen molar-refractivity contribution in [3.63, 3.8) is 0 Å². The van der Waals surface area contributed by atoms with E-state index in [9.17, 15) is 19.2 Å². The molecule has 4 N–H and O–H groups in total. The number of carbonyl (C=O) groups excluding carboxylic acids is 1. The molecular formula is C15H25NO7. The minimum atomic E-state index is -1.22. The standard InChI is InChI=1S/C15H25NO7/c1-15(2,3)16-11(14(22)23)6-5-10(17)8-9(13(20)21)4-7-12(18)19/h9,11,16H,4-8H2,1-3H3,(H,18,19)(H,20,21)(H,22,23)/t9-,11+/m0/s1. The van der Waals surface area contributed by atoms with Crippen molar-refractivity contribution in [1.29, 1.82) is 0 Å². The highest BCUT2D eigenvalue weighted by Crippen LogP contribution is 2.15. The number of aliphatic carboxylic acids is 3. The molecule has 0 fully saturated rings. The van der Waals surface area contributed by atoms with E-state index in [4.69, 9.17) is 15.3 Å². The third-order valence-electron chi connectivity index (χ3n) is 3.15. The van der Waals surface area contributed by atoms with Gasteiger partial charge in [0.1, 0.15) is 11.8 Å². The second-order valence-corrected chi connectivity index (χ2v) is 6.53. The zero-order chi connectivity index (χ0) is 18.2. The molecule has 0 rings (SSSR count). The van der Waals surface area contributed by atoms with Crippen molar-refractivity contribution < 1.29 is 34.5 Å². The van der Waals surface area contributed by atoms with Gasteiger partial charge in [0.05, 0.1) is 5.92 Å². The predicted octanol–water partition coefficient (Wildman–Crippen LogP) is 1.13. The Morgan fingerprint density at radius 3 is 1.87 bits per heavy atom. The maximum absolute atomic E-state index is 11.9. The highest BCUT2D eigenvalue weighted by molar-refractivity contribution is 5.84. The SMILES string of the molecule is CC(C)(C)N[C@H](CCC(=O)C[C@H](CCC(=O)O)C(=O)O)C(=O)O. The molecule has 0 aromatic rings. The van der Waals surface area contributed by atoms with Crippen LogP contribution in [0.3, 0.4) is 0 Å². The molecule has 0 aromatic carbocycles. The monoisotopic (exact) mass is 331 g/mol. The largest absolute Gasteiger partial charge is 0.481 e. The van der Waals surface area contributed by atoms with Crippen LogP contribution in [0.5, 0.6) is 0 Å². The topological polar surface area (TPSA) is 141 Å². The van der Waals surface area contributed by atoms with Gasteiger partial charge in [0, 0.05) is 24.8 Å². The van der Waals surface area contributed by atoms with Gasteiger partial charge < -0.3 is 15.3 Å². The van der Waals surface area contributed by atoms with Gasteiger partial charge in [-0.2, -0.15) is 0 Å². The van der Waals surface area contributed by atoms with Gasteiger partial charge in [-0.15, -0.1) is 0 Å². The Bertz CT molecular complexity index is 453. The highest BCUT2D eigenvalue weighted by Gasteiger charge is 2.26. The quantitative estimate of drug-likeness (QED) is 0.441. The lowest BCUT2D eigenvalue weighted by Crippen LogP contribution is -2.47. The molecule has 0 saturated heterocycles. The molecule has 0 aromatic heterocycles. The summed E-state index contributed by atoms with van der Waals surface area (Å²) >= 11 is 0. The molecule has 132 valence electrons. The molecular weight excluding hydrogens is 306 g/mol. The van der Waals surface area contributed by atoms with Gasteiger partial charge in [-0.25, -0.2) is 0 Å². The van der Waals surface area contributed by atoms with Crippen LogP contribution in [-0.2, 0) is 19.2 Å². The minimum absolute atomic E-state index is 0.0523. The first kappa shape index (κ1) is 21.0. The zero-order valence-corrected chi connectivity index (χ0v) is 13.7. The van der Waals surface area contributed by atoms with E-state index in [0.717, 1.165) is 0 Å². The van der Waals surface area contributed by atoms with E-state index >= 15 is 0 Å². The van der Waals surface area contributed by atoms with Crippen LogP contribution >= 0.6 is 0 Å². The molecule has 23 heavy (non-hydrogen) atoms. The molecule has 0 aliphatic carbocycles. The van der Waals surface area contributed by atoms with E-state index < -0.39 is 35.4 Å². The Hall–Kier alpha value is -1.96. The number of carboxylic acid groups (broad SMARTS) is 3. The first-order valence-corrected chi connectivity index (χ1v) is 7.39. The minimum Gasteiger partial charge on any atom is -0.481 e. The van der Waals surface area contributed by atoms with Gasteiger partial charge in [-0.3, -0.25) is 24.5 Å². The number of Topliss-reactive ketones (excluding diaryl/α,β-unsaturated/α-hetero) is 1. The molecule has 0 saturated carbocycles. The van der Waals surface area contributed by atoms with Crippen LogP contribution < -0.4 is 5.32 Å². The molecule has 0 amide bonds. The molecule has 8 nitrogen and oxygen atoms in total. The summed E-state index contributed by atoms with van der Waals surface area (Å²) < 4.78 is 0. The molecule has 0 radical (unpaired) electrons. The summed E-state index contributed by atoms with van der Waals surface area (Å²) in [5.74, 6) is -4.86. The van der Waals surface area contributed by atoms with Gasteiger partial charge in [0.15, 0.2) is 0 Å². The summed E-state index contributed by atoms with van der Waals surface area (Å²) in [7, 11) is 0. The zero-order valence-electron chi connectivity index (χ0n) is 13.7. The van der Waals surface area contributed by atoms with E-state index in [-0.39, 0.29) is 37.9 Å². The molecule has 0 bridgehead atoms. The van der Waals surface area contributed by atoms with E-state index in [1.54, 1.807) is 20.8 Å². The van der Waals surface area contributed by atoms with Crippen LogP contribution in [0.2, 0.25) is 0 Å². The summed E-state index contributed by atoms with van der Waals surface area (Å²) in [4.78, 5) is 44.5. The van der Waals surface area contributed by atoms with Crippen molar-refractivity contribution in [2.75, 3.05) is 0 Å². The molecule has 8 heteroatoms. The molecule has 0 heterocycles. The maximum atomic E-state index is 11.9. The van der Waals surface area contributed by atoms with Gasteiger partial charge in [0.2, 0.25) is 0 Å². The summed E-state index contributed by atoms with van der Waals surface area (Å²) in [5, 5.41) is 29.6. The summed E-state index contributed by atoms with van der Waals surface area (Å²) in [6.45, 7) is 5.41.